The van der Waals surface area contributed by atoms with Crippen LogP contribution < -0.4 is 10.6 Å². The molecule has 0 bridgehead atoms. The van der Waals surface area contributed by atoms with E-state index in [1.807, 2.05) is 0 Å². The summed E-state index contributed by atoms with van der Waals surface area (Å²) in [5, 5.41) is 5.83. The van der Waals surface area contributed by atoms with Crippen LogP contribution in [0.25, 0.3) is 11.4 Å². The van der Waals surface area contributed by atoms with Gasteiger partial charge in [-0.1, -0.05) is 12.1 Å². The van der Waals surface area contributed by atoms with Gasteiger partial charge in [0.05, 0.1) is 4.90 Å². The largest absolute Gasteiger partial charge is 0.288 e. The van der Waals surface area contributed by atoms with Gasteiger partial charge in [-0.05, 0) is 12.1 Å². The van der Waals surface area contributed by atoms with Crippen molar-refractivity contribution in [2.24, 2.45) is 0 Å². The number of nitrogens with zero attached hydrogens (tertiary/aromatic N) is 2. The Morgan fingerprint density at radius 2 is 1.85 bits per heavy atom. The molecule has 2 heterocycles. The molecular formula is C13H13N4O2S. The molecule has 1 aromatic heterocycles. The van der Waals surface area contributed by atoms with Crippen molar-refractivity contribution in [2.75, 3.05) is 13.1 Å². The van der Waals surface area contributed by atoms with E-state index in [4.69, 9.17) is 0 Å². The Bertz CT molecular complexity index is 697. The highest BCUT2D eigenvalue weighted by Crippen LogP contribution is 2.26. The van der Waals surface area contributed by atoms with E-state index in [2.05, 4.69) is 26.7 Å². The van der Waals surface area contributed by atoms with Crippen molar-refractivity contribution in [1.82, 2.24) is 20.6 Å². The Morgan fingerprint density at radius 1 is 1.15 bits per heavy atom. The van der Waals surface area contributed by atoms with Crippen molar-refractivity contribution in [2.45, 2.75) is 10.4 Å². The van der Waals surface area contributed by atoms with Crippen molar-refractivity contribution < 1.29 is 8.42 Å². The zero-order chi connectivity index (χ0) is 14.0. The predicted octanol–water partition coefficient (Wildman–Crippen LogP) is 0.194. The molecule has 7 heteroatoms. The molecule has 1 fully saturated rings. The van der Waals surface area contributed by atoms with Crippen molar-refractivity contribution >= 4 is 9.84 Å². The van der Waals surface area contributed by atoms with Crippen LogP contribution in [0.15, 0.2) is 41.6 Å². The van der Waals surface area contributed by atoms with E-state index in [1.54, 1.807) is 36.7 Å². The highest BCUT2D eigenvalue weighted by atomic mass is 32.2. The third-order valence-corrected chi connectivity index (χ3v) is 4.86. The van der Waals surface area contributed by atoms with Gasteiger partial charge in [-0.25, -0.2) is 18.4 Å². The molecule has 1 radical (unpaired) electrons. The summed E-state index contributed by atoms with van der Waals surface area (Å²) in [7, 11) is -3.58. The molecule has 1 aliphatic rings. The van der Waals surface area contributed by atoms with Crippen LogP contribution in [0, 0.1) is 6.07 Å². The number of hydrogen-bond acceptors (Lipinski definition) is 6. The Labute approximate surface area is 117 Å². The van der Waals surface area contributed by atoms with Crippen LogP contribution in [0.3, 0.4) is 0 Å². The van der Waals surface area contributed by atoms with Crippen LogP contribution >= 0.6 is 0 Å². The molecule has 0 amide bonds. The summed E-state index contributed by atoms with van der Waals surface area (Å²) in [4.78, 5) is 8.34. The average molecular weight is 289 g/mol. The molecular weight excluding hydrogens is 276 g/mol. The number of rotatable bonds is 3. The zero-order valence-electron chi connectivity index (χ0n) is 10.6. The fourth-order valence-corrected chi connectivity index (χ4v) is 3.70. The number of hydrogen-bond donors (Lipinski definition) is 2. The Hall–Kier alpha value is -1.83. The smallest absolute Gasteiger partial charge is 0.209 e. The number of sulfone groups is 1. The van der Waals surface area contributed by atoms with Gasteiger partial charge in [0, 0.05) is 37.1 Å². The predicted molar refractivity (Wildman–Crippen MR) is 73.3 cm³/mol. The molecule has 2 N–H and O–H groups in total. The van der Waals surface area contributed by atoms with Crippen LogP contribution in [0.1, 0.15) is 0 Å². The van der Waals surface area contributed by atoms with Gasteiger partial charge in [-0.15, -0.1) is 0 Å². The Balaban J connectivity index is 2.11. The molecule has 103 valence electrons. The molecule has 0 saturated carbocycles. The lowest BCUT2D eigenvalue weighted by atomic mass is 10.2. The van der Waals surface area contributed by atoms with Gasteiger partial charge in [0.1, 0.15) is 0 Å². The monoisotopic (exact) mass is 289 g/mol. The molecule has 20 heavy (non-hydrogen) atoms. The number of nitrogens with one attached hydrogen (secondary N) is 2. The SMILES string of the molecule is O=S(=O)(c1[c]cccc1-c1ncccn1)C1NCCN1. The van der Waals surface area contributed by atoms with Crippen LogP contribution in [-0.4, -0.2) is 37.0 Å². The van der Waals surface area contributed by atoms with Gasteiger partial charge in [0.25, 0.3) is 0 Å². The maximum absolute atomic E-state index is 12.6. The normalized spacial score (nSPS) is 16.4. The summed E-state index contributed by atoms with van der Waals surface area (Å²) < 4.78 is 25.2. The summed E-state index contributed by atoms with van der Waals surface area (Å²) in [5.41, 5.74) is -0.327. The minimum atomic E-state index is -3.58. The van der Waals surface area contributed by atoms with Crippen molar-refractivity contribution in [3.63, 3.8) is 0 Å². The highest BCUT2D eigenvalue weighted by molar-refractivity contribution is 7.92. The molecule has 0 unspecified atom stereocenters. The van der Waals surface area contributed by atoms with E-state index < -0.39 is 15.3 Å². The first-order valence-electron chi connectivity index (χ1n) is 6.18. The van der Waals surface area contributed by atoms with Crippen molar-refractivity contribution in [3.8, 4) is 11.4 Å². The average Bonchev–Trinajstić information content (AvgIpc) is 3.03. The summed E-state index contributed by atoms with van der Waals surface area (Å²) >= 11 is 0. The van der Waals surface area contributed by atoms with Crippen LogP contribution in [-0.2, 0) is 9.84 Å². The zero-order valence-corrected chi connectivity index (χ0v) is 11.4. The second-order valence-corrected chi connectivity index (χ2v) is 6.29. The van der Waals surface area contributed by atoms with Crippen LogP contribution in [0.5, 0.6) is 0 Å². The second-order valence-electron chi connectivity index (χ2n) is 4.32. The quantitative estimate of drug-likeness (QED) is 0.839. The third kappa shape index (κ3) is 2.31. The van der Waals surface area contributed by atoms with E-state index >= 15 is 0 Å². The summed E-state index contributed by atoms with van der Waals surface area (Å²) in [6.07, 6.45) is 3.16. The minimum Gasteiger partial charge on any atom is -0.288 e. The van der Waals surface area contributed by atoms with Gasteiger partial charge in [-0.2, -0.15) is 0 Å². The Kier molecular flexibility index (Phi) is 3.47. The minimum absolute atomic E-state index is 0.109. The fourth-order valence-electron chi connectivity index (χ4n) is 2.09. The van der Waals surface area contributed by atoms with E-state index in [-0.39, 0.29) is 4.90 Å². The molecule has 0 aliphatic carbocycles. The first-order valence-corrected chi connectivity index (χ1v) is 7.73. The lowest BCUT2D eigenvalue weighted by Gasteiger charge is -2.14. The summed E-state index contributed by atoms with van der Waals surface area (Å²) in [6, 6.07) is 9.48. The van der Waals surface area contributed by atoms with Gasteiger partial charge >= 0.3 is 0 Å². The lowest BCUT2D eigenvalue weighted by Crippen LogP contribution is -2.39. The number of aromatic nitrogens is 2. The van der Waals surface area contributed by atoms with Gasteiger partial charge in [-0.3, -0.25) is 10.6 Å². The van der Waals surface area contributed by atoms with Gasteiger partial charge < -0.3 is 0 Å². The molecule has 1 aromatic carbocycles. The molecule has 0 spiro atoms. The van der Waals surface area contributed by atoms with Crippen molar-refractivity contribution in [1.29, 1.82) is 0 Å². The maximum Gasteiger partial charge on any atom is 0.209 e. The van der Waals surface area contributed by atoms with E-state index in [9.17, 15) is 8.42 Å². The van der Waals surface area contributed by atoms with Crippen LogP contribution in [0.4, 0.5) is 0 Å². The topological polar surface area (TPSA) is 84.0 Å². The summed E-state index contributed by atoms with van der Waals surface area (Å²) in [6.45, 7) is 1.24. The van der Waals surface area contributed by atoms with Crippen molar-refractivity contribution in [3.05, 3.63) is 42.7 Å². The second kappa shape index (κ2) is 5.28. The first kappa shape index (κ1) is 13.2. The molecule has 2 aromatic rings. The number of benzene rings is 1. The highest BCUT2D eigenvalue weighted by Gasteiger charge is 2.32. The first-order chi connectivity index (χ1) is 9.69. The Morgan fingerprint density at radius 3 is 2.55 bits per heavy atom. The van der Waals surface area contributed by atoms with E-state index in [0.29, 0.717) is 24.5 Å². The standard InChI is InChI=1S/C13H13N4O2S/c18-20(19,13-16-8-9-17-13)11-5-2-1-4-10(11)12-14-6-3-7-15-12/h1-4,6-7,13,16-17H,8-9H2. The van der Waals surface area contributed by atoms with Crippen LogP contribution in [0.2, 0.25) is 0 Å². The maximum atomic E-state index is 12.6. The molecule has 6 nitrogen and oxygen atoms in total. The summed E-state index contributed by atoms with van der Waals surface area (Å²) in [5.74, 6) is 0.376. The third-order valence-electron chi connectivity index (χ3n) is 3.00. The van der Waals surface area contributed by atoms with Gasteiger partial charge in [0.15, 0.2) is 11.3 Å². The van der Waals surface area contributed by atoms with E-state index in [0.717, 1.165) is 0 Å². The molecule has 1 saturated heterocycles. The van der Waals surface area contributed by atoms with E-state index in [1.165, 1.54) is 0 Å². The molecule has 0 atom stereocenters. The lowest BCUT2D eigenvalue weighted by molar-refractivity contribution is 0.561. The molecule has 1 aliphatic heterocycles. The molecule has 3 rings (SSSR count). The van der Waals surface area contributed by atoms with Gasteiger partial charge in [0.2, 0.25) is 9.84 Å². The fraction of sp³-hybridized carbons (Fsp3) is 0.231.